The number of nitrogens with zero attached hydrogens (tertiary/aromatic N) is 4. The van der Waals surface area contributed by atoms with Crippen LogP contribution in [0.15, 0.2) is 4.42 Å². The van der Waals surface area contributed by atoms with Crippen LogP contribution in [0.5, 0.6) is 0 Å². The van der Waals surface area contributed by atoms with E-state index in [-0.39, 0.29) is 0 Å². The molecule has 2 N–H and O–H groups in total. The summed E-state index contributed by atoms with van der Waals surface area (Å²) in [6, 6.07) is 2.02. The normalized spacial score (nSPS) is 28.7. The van der Waals surface area contributed by atoms with Crippen molar-refractivity contribution in [3.05, 3.63) is 5.89 Å². The average Bonchev–Trinajstić information content (AvgIpc) is 2.87. The first-order valence-electron chi connectivity index (χ1n) is 6.77. The predicted octanol–water partition coefficient (Wildman–Crippen LogP) is 0.244. The fourth-order valence-corrected chi connectivity index (χ4v) is 3.08. The quantitative estimate of drug-likeness (QED) is 0.830. The summed E-state index contributed by atoms with van der Waals surface area (Å²) in [6.45, 7) is 2.56. The molecule has 0 aliphatic carbocycles. The monoisotopic (exact) mass is 251 g/mol. The molecule has 2 unspecified atom stereocenters. The topological polar surface area (TPSA) is 71.4 Å². The van der Waals surface area contributed by atoms with Gasteiger partial charge in [-0.05, 0) is 26.3 Å². The lowest BCUT2D eigenvalue weighted by atomic mass is 10.1. The molecule has 3 rings (SSSR count). The maximum Gasteiger partial charge on any atom is 0.318 e. The van der Waals surface area contributed by atoms with Crippen LogP contribution in [0.4, 0.5) is 6.01 Å². The molecule has 1 aromatic rings. The largest absolute Gasteiger partial charge is 0.408 e. The van der Waals surface area contributed by atoms with Crippen molar-refractivity contribution in [1.29, 1.82) is 0 Å². The van der Waals surface area contributed by atoms with E-state index >= 15 is 0 Å². The van der Waals surface area contributed by atoms with Crippen LogP contribution in [0.1, 0.15) is 25.2 Å². The van der Waals surface area contributed by atoms with E-state index < -0.39 is 0 Å². The smallest absolute Gasteiger partial charge is 0.318 e. The summed E-state index contributed by atoms with van der Waals surface area (Å²) >= 11 is 0. The summed E-state index contributed by atoms with van der Waals surface area (Å²) in [5, 5.41) is 8.18. The van der Waals surface area contributed by atoms with Crippen LogP contribution in [-0.4, -0.2) is 53.9 Å². The fourth-order valence-electron chi connectivity index (χ4n) is 3.08. The van der Waals surface area contributed by atoms with E-state index in [1.54, 1.807) is 0 Å². The van der Waals surface area contributed by atoms with E-state index in [2.05, 4.69) is 27.0 Å². The third kappa shape index (κ3) is 2.10. The summed E-state index contributed by atoms with van der Waals surface area (Å²) in [4.78, 5) is 4.74. The highest BCUT2D eigenvalue weighted by atomic mass is 16.4. The minimum atomic E-state index is 0.551. The average molecular weight is 251 g/mol. The van der Waals surface area contributed by atoms with Gasteiger partial charge in [0.05, 0.1) is 0 Å². The van der Waals surface area contributed by atoms with Gasteiger partial charge in [0.1, 0.15) is 0 Å². The van der Waals surface area contributed by atoms with Gasteiger partial charge in [-0.15, -0.1) is 5.10 Å². The highest BCUT2D eigenvalue weighted by Crippen LogP contribution is 2.30. The minimum absolute atomic E-state index is 0.551. The first-order valence-corrected chi connectivity index (χ1v) is 6.77. The van der Waals surface area contributed by atoms with Crippen LogP contribution < -0.4 is 10.6 Å². The molecular weight excluding hydrogens is 230 g/mol. The van der Waals surface area contributed by atoms with Crippen LogP contribution >= 0.6 is 0 Å². The van der Waals surface area contributed by atoms with Crippen LogP contribution in [0.2, 0.25) is 0 Å². The van der Waals surface area contributed by atoms with Crippen molar-refractivity contribution < 1.29 is 4.42 Å². The zero-order chi connectivity index (χ0) is 12.5. The lowest BCUT2D eigenvalue weighted by Crippen LogP contribution is -2.36. The molecule has 2 fully saturated rings. The Labute approximate surface area is 107 Å². The molecule has 2 aliphatic rings. The highest BCUT2D eigenvalue weighted by Gasteiger charge is 2.35. The van der Waals surface area contributed by atoms with Gasteiger partial charge in [-0.2, -0.15) is 0 Å². The Kier molecular flexibility index (Phi) is 3.22. The van der Waals surface area contributed by atoms with Gasteiger partial charge in [-0.1, -0.05) is 5.10 Å². The molecule has 3 heterocycles. The Balaban J connectivity index is 1.72. The molecule has 2 bridgehead atoms. The molecule has 6 nitrogen and oxygen atoms in total. The second-order valence-corrected chi connectivity index (χ2v) is 5.30. The van der Waals surface area contributed by atoms with Gasteiger partial charge >= 0.3 is 6.01 Å². The second kappa shape index (κ2) is 4.85. The maximum absolute atomic E-state index is 5.67. The van der Waals surface area contributed by atoms with Crippen molar-refractivity contribution in [1.82, 2.24) is 15.1 Å². The molecular formula is C12H21N5O. The lowest BCUT2D eigenvalue weighted by Gasteiger charge is -2.24. The van der Waals surface area contributed by atoms with Crippen molar-refractivity contribution >= 4 is 6.01 Å². The van der Waals surface area contributed by atoms with Gasteiger partial charge in [0.15, 0.2) is 0 Å². The van der Waals surface area contributed by atoms with Crippen LogP contribution in [0, 0.1) is 0 Å². The number of hydrogen-bond acceptors (Lipinski definition) is 6. The van der Waals surface area contributed by atoms with Gasteiger partial charge in [0.25, 0.3) is 0 Å². The number of hydrogen-bond donors (Lipinski definition) is 1. The molecule has 18 heavy (non-hydrogen) atoms. The number of anilines is 1. The Morgan fingerprint density at radius 1 is 1.28 bits per heavy atom. The third-order valence-corrected chi connectivity index (χ3v) is 4.23. The lowest BCUT2D eigenvalue weighted by molar-refractivity contribution is 0.254. The first-order chi connectivity index (χ1) is 8.78. The zero-order valence-corrected chi connectivity index (χ0v) is 10.9. The highest BCUT2D eigenvalue weighted by molar-refractivity contribution is 5.26. The van der Waals surface area contributed by atoms with Gasteiger partial charge in [0, 0.05) is 38.1 Å². The molecule has 1 aromatic heterocycles. The van der Waals surface area contributed by atoms with Crippen molar-refractivity contribution in [3.63, 3.8) is 0 Å². The van der Waals surface area contributed by atoms with Crippen LogP contribution in [0.3, 0.4) is 0 Å². The molecule has 0 radical (unpaired) electrons. The van der Waals surface area contributed by atoms with Gasteiger partial charge in [0.2, 0.25) is 5.89 Å². The fraction of sp³-hybridized carbons (Fsp3) is 0.833. The molecule has 2 aliphatic heterocycles. The molecule has 0 aromatic carbocycles. The zero-order valence-electron chi connectivity index (χ0n) is 10.9. The predicted molar refractivity (Wildman–Crippen MR) is 68.5 cm³/mol. The maximum atomic E-state index is 5.67. The summed E-state index contributed by atoms with van der Waals surface area (Å²) in [6.07, 6.45) is 4.45. The van der Waals surface area contributed by atoms with E-state index in [9.17, 15) is 0 Å². The van der Waals surface area contributed by atoms with Gasteiger partial charge in [-0.25, -0.2) is 0 Å². The molecule has 2 atom stereocenters. The number of likely N-dealkylation sites (N-methyl/N-ethyl adjacent to an activating group) is 1. The second-order valence-electron chi connectivity index (χ2n) is 5.30. The van der Waals surface area contributed by atoms with E-state index in [4.69, 9.17) is 10.2 Å². The molecule has 0 saturated carbocycles. The summed E-state index contributed by atoms with van der Waals surface area (Å²) in [7, 11) is 2.24. The molecule has 6 heteroatoms. The summed E-state index contributed by atoms with van der Waals surface area (Å²) in [5.41, 5.74) is 5.49. The molecule has 2 saturated heterocycles. The standard InChI is InChI=1S/C12H21N5O/c1-16-9-2-3-10(16)8-17(7-5-9)12-15-14-11(18-12)4-6-13/h9-10H,2-8,13H2,1H3. The Hall–Kier alpha value is -1.14. The molecule has 100 valence electrons. The van der Waals surface area contributed by atoms with Gasteiger partial charge < -0.3 is 15.1 Å². The Morgan fingerprint density at radius 2 is 2.11 bits per heavy atom. The van der Waals surface area contributed by atoms with Gasteiger partial charge in [-0.3, -0.25) is 4.90 Å². The summed E-state index contributed by atoms with van der Waals surface area (Å²) in [5.74, 6) is 0.648. The number of fused-ring (bicyclic) bond motifs is 2. The Morgan fingerprint density at radius 3 is 2.94 bits per heavy atom. The number of nitrogens with two attached hydrogens (primary N) is 1. The van der Waals surface area contributed by atoms with E-state index in [1.165, 1.54) is 19.3 Å². The van der Waals surface area contributed by atoms with Crippen molar-refractivity contribution in [2.45, 2.75) is 37.8 Å². The summed E-state index contributed by atoms with van der Waals surface area (Å²) < 4.78 is 5.67. The van der Waals surface area contributed by atoms with E-state index in [0.29, 0.717) is 30.9 Å². The third-order valence-electron chi connectivity index (χ3n) is 4.23. The van der Waals surface area contributed by atoms with Crippen LogP contribution in [-0.2, 0) is 6.42 Å². The van der Waals surface area contributed by atoms with E-state index in [0.717, 1.165) is 19.1 Å². The van der Waals surface area contributed by atoms with E-state index in [1.807, 2.05) is 0 Å². The SMILES string of the molecule is CN1C2CCC1CN(c1nnc(CCN)o1)CC2. The van der Waals surface area contributed by atoms with Crippen LogP contribution in [0.25, 0.3) is 0 Å². The molecule has 0 amide bonds. The van der Waals surface area contributed by atoms with Crippen molar-refractivity contribution in [3.8, 4) is 0 Å². The minimum Gasteiger partial charge on any atom is -0.408 e. The molecule has 0 spiro atoms. The Bertz CT molecular complexity index is 407. The van der Waals surface area contributed by atoms with Crippen molar-refractivity contribution in [2.75, 3.05) is 31.6 Å². The number of aromatic nitrogens is 2. The van der Waals surface area contributed by atoms with Crippen molar-refractivity contribution in [2.24, 2.45) is 5.73 Å². The number of rotatable bonds is 3. The first kappa shape index (κ1) is 11.9.